The van der Waals surface area contributed by atoms with Gasteiger partial charge in [-0.2, -0.15) is 21.0 Å². The Morgan fingerprint density at radius 2 is 1.30 bits per heavy atom. The molecule has 0 amide bonds. The Morgan fingerprint density at radius 1 is 0.909 bits per heavy atom. The second-order valence-corrected chi connectivity index (χ2v) is 23.9. The van der Waals surface area contributed by atoms with E-state index in [9.17, 15) is 42.4 Å². The fourth-order valence-corrected chi connectivity index (χ4v) is 10.3. The summed E-state index contributed by atoms with van der Waals surface area (Å²) in [5.74, 6) is -0.471. The van der Waals surface area contributed by atoms with Gasteiger partial charge in [0.15, 0.2) is 14.9 Å². The van der Waals surface area contributed by atoms with Crippen molar-refractivity contribution >= 4 is 89.8 Å². The quantitative estimate of drug-likeness (QED) is 0.0379. The Hall–Kier alpha value is 1.73. The minimum Gasteiger partial charge on any atom is -0.784 e. The van der Waals surface area contributed by atoms with E-state index in [1.165, 1.54) is 24.3 Å². The Bertz CT molecular complexity index is 1510. The van der Waals surface area contributed by atoms with Crippen LogP contribution in [0.3, 0.4) is 0 Å². The van der Waals surface area contributed by atoms with E-state index >= 15 is 0 Å². The summed E-state index contributed by atoms with van der Waals surface area (Å²) >= 11 is -5.97. The molecular formula is C14H25Cl2NNa2O18S7-2. The van der Waals surface area contributed by atoms with Crippen LogP contribution >= 0.6 is 21.4 Å². The summed E-state index contributed by atoms with van der Waals surface area (Å²) in [6.45, 7) is 3.17. The molecule has 0 fully saturated rings. The molecule has 0 saturated carbocycles. The van der Waals surface area contributed by atoms with Crippen molar-refractivity contribution in [3.8, 4) is 0 Å². The van der Waals surface area contributed by atoms with Gasteiger partial charge in [0.2, 0.25) is 0 Å². The third-order valence-electron chi connectivity index (χ3n) is 3.63. The summed E-state index contributed by atoms with van der Waals surface area (Å²) in [5, 5.41) is 0.957. The number of benzene rings is 1. The third-order valence-corrected chi connectivity index (χ3v) is 18.0. The second kappa shape index (κ2) is 24.0. The zero-order chi connectivity index (χ0) is 34.2. The molecule has 0 saturated heterocycles. The summed E-state index contributed by atoms with van der Waals surface area (Å²) in [6, 6.07) is 5.97. The smallest absolute Gasteiger partial charge is 0.784 e. The van der Waals surface area contributed by atoms with Crippen molar-refractivity contribution in [3.63, 3.8) is 0 Å². The first-order valence-corrected chi connectivity index (χ1v) is 22.6. The van der Waals surface area contributed by atoms with E-state index in [1.807, 2.05) is 6.92 Å². The molecule has 44 heavy (non-hydrogen) atoms. The van der Waals surface area contributed by atoms with E-state index in [2.05, 4.69) is 26.7 Å². The predicted octanol–water partition coefficient (Wildman–Crippen LogP) is -7.35. The maximum Gasteiger partial charge on any atom is 1.00 e. The third kappa shape index (κ3) is 32.3. The van der Waals surface area contributed by atoms with Crippen LogP contribution < -0.4 is 64.4 Å². The molecule has 30 heteroatoms. The first kappa shape index (κ1) is 55.2. The molecule has 0 bridgehead atoms. The van der Waals surface area contributed by atoms with Gasteiger partial charge in [-0.1, -0.05) is 19.1 Å². The maximum absolute atomic E-state index is 12.0. The number of aryl methyl sites for hydroxylation is 1. The number of hydrogen-bond acceptors (Lipinski definition) is 16. The van der Waals surface area contributed by atoms with Gasteiger partial charge in [-0.15, -0.1) is 11.4 Å². The average molecular weight is 837 g/mol. The van der Waals surface area contributed by atoms with Gasteiger partial charge in [0.1, 0.15) is 0 Å². The Balaban J connectivity index is -0.000000189. The van der Waals surface area contributed by atoms with Crippen molar-refractivity contribution < 1.29 is 137 Å². The monoisotopic (exact) mass is 835 g/mol. The predicted molar refractivity (Wildman–Crippen MR) is 149 cm³/mol. The first-order valence-electron chi connectivity index (χ1n) is 9.97. The van der Waals surface area contributed by atoms with E-state index in [0.717, 1.165) is 13.0 Å². The summed E-state index contributed by atoms with van der Waals surface area (Å²) < 4.78 is 174. The molecule has 0 spiro atoms. The topological polar surface area (TPSA) is 353 Å². The van der Waals surface area contributed by atoms with E-state index < -0.39 is 79.3 Å². The van der Waals surface area contributed by atoms with Gasteiger partial charge in [0, 0.05) is 33.7 Å². The standard InChI is InChI=1S/C13H21NO5S2.CH4Cl2O7S3.2Na.2H2O3S/c1-2-8-14-9-11-20(15,16)13-5-3-12(4-6-13)7-10-21(17,18)19;2-12(7,8)13(3,9,10)1-11(4,5)6;;;2*1-4(2)3/h3-6,14H,2,7-11H2,1H3,(H,17,18,19);1H2,(H,9,10)(H,4,5,6);;;2*(H2,1,2,3)/q;;2*+1;;/p-4. The fourth-order valence-electron chi connectivity index (χ4n) is 2.03. The SMILES string of the molecule is CCCNCCS(=O)(=O)c1ccc(CCS(=O)(=O)[O-])cc1.O=S(=O)(O)CS(=O)(O)(Cl)S(=O)(=O)Cl.O=S([O-])O.O=S([O-])[O-].[Na+].[Na+]. The van der Waals surface area contributed by atoms with Crippen LogP contribution in [-0.2, 0) is 74.9 Å². The van der Waals surface area contributed by atoms with Gasteiger partial charge in [0.25, 0.3) is 10.1 Å². The van der Waals surface area contributed by atoms with E-state index in [-0.39, 0.29) is 76.2 Å². The average Bonchev–Trinajstić information content (AvgIpc) is 2.72. The molecule has 1 aromatic rings. The molecule has 19 nitrogen and oxygen atoms in total. The summed E-state index contributed by atoms with van der Waals surface area (Å²) in [7, 11) is -15.0. The molecule has 0 aliphatic heterocycles. The minimum absolute atomic E-state index is 0. The van der Waals surface area contributed by atoms with Crippen LogP contribution in [0.25, 0.3) is 0 Å². The van der Waals surface area contributed by atoms with Gasteiger partial charge in [-0.25, -0.2) is 21.0 Å². The first-order chi connectivity index (χ1) is 18.4. The van der Waals surface area contributed by atoms with Crippen molar-refractivity contribution in [2.75, 3.05) is 29.7 Å². The summed E-state index contributed by atoms with van der Waals surface area (Å²) in [5.41, 5.74) is 0.623. The van der Waals surface area contributed by atoms with Gasteiger partial charge < -0.3 is 28.1 Å². The molecular weight excluding hydrogens is 811 g/mol. The van der Waals surface area contributed by atoms with Crippen molar-refractivity contribution in [3.05, 3.63) is 29.8 Å². The normalized spacial score (nSPS) is 13.4. The summed E-state index contributed by atoms with van der Waals surface area (Å²) in [4.78, 5) is 0.203. The van der Waals surface area contributed by atoms with Gasteiger partial charge >= 0.3 is 67.2 Å². The number of halogens is 2. The molecule has 4 N–H and O–H groups in total. The molecule has 0 aliphatic carbocycles. The fraction of sp³-hybridized carbons (Fsp3) is 0.571. The van der Waals surface area contributed by atoms with E-state index in [4.69, 9.17) is 35.7 Å². The second-order valence-electron chi connectivity index (χ2n) is 7.12. The molecule has 0 aromatic heterocycles. The minimum atomic E-state index is -6.13. The maximum atomic E-state index is 12.0. The molecule has 1 unspecified atom stereocenters. The van der Waals surface area contributed by atoms with Crippen LogP contribution in [0, 0.1) is 0 Å². The van der Waals surface area contributed by atoms with Crippen molar-refractivity contribution in [1.82, 2.24) is 5.32 Å². The van der Waals surface area contributed by atoms with Crippen molar-refractivity contribution in [1.29, 1.82) is 0 Å². The number of sulfone groups is 1. The summed E-state index contributed by atoms with van der Waals surface area (Å²) in [6.07, 6.45) is 1.03. The molecule has 1 atom stereocenters. The zero-order valence-corrected chi connectivity index (χ0v) is 34.1. The van der Waals surface area contributed by atoms with E-state index in [0.29, 0.717) is 12.1 Å². The van der Waals surface area contributed by atoms with Gasteiger partial charge in [-0.3, -0.25) is 13.3 Å². The van der Waals surface area contributed by atoms with Crippen LogP contribution in [-0.4, -0.2) is 108 Å². The molecule has 254 valence electrons. The van der Waals surface area contributed by atoms with Gasteiger partial charge in [-0.05, 0) is 44.7 Å². The molecule has 1 rings (SSSR count). The zero-order valence-electron chi connectivity index (χ0n) is 22.8. The molecule has 0 radical (unpaired) electrons. The molecule has 0 aliphatic rings. The number of nitrogens with one attached hydrogen (secondary N) is 1. The van der Waals surface area contributed by atoms with Crippen LogP contribution in [0.5, 0.6) is 0 Å². The van der Waals surface area contributed by atoms with Gasteiger partial charge in [0.05, 0.1) is 32.1 Å². The Morgan fingerprint density at radius 3 is 1.57 bits per heavy atom. The Kier molecular flexibility index (Phi) is 30.1. The number of hydrogen-bond donors (Lipinski definition) is 4. The van der Waals surface area contributed by atoms with Crippen LogP contribution in [0.4, 0.5) is 0 Å². The van der Waals surface area contributed by atoms with E-state index in [1.54, 1.807) is 0 Å². The Labute approximate surface area is 312 Å². The van der Waals surface area contributed by atoms with Crippen molar-refractivity contribution in [2.45, 2.75) is 24.7 Å². The van der Waals surface area contributed by atoms with Crippen molar-refractivity contribution in [2.24, 2.45) is 0 Å². The number of rotatable bonds is 12. The van der Waals surface area contributed by atoms with Crippen LogP contribution in [0.15, 0.2) is 29.2 Å². The van der Waals surface area contributed by atoms with Crippen LogP contribution in [0.2, 0.25) is 0 Å². The van der Waals surface area contributed by atoms with Crippen LogP contribution in [0.1, 0.15) is 18.9 Å². The molecule has 1 aromatic carbocycles. The molecule has 0 heterocycles. The largest absolute Gasteiger partial charge is 1.00 e.